The lowest BCUT2D eigenvalue weighted by atomic mass is 10.2. The van der Waals surface area contributed by atoms with Gasteiger partial charge in [0.2, 0.25) is 11.8 Å². The van der Waals surface area contributed by atoms with E-state index in [1.165, 1.54) is 0 Å². The lowest BCUT2D eigenvalue weighted by Crippen LogP contribution is -2.29. The highest BCUT2D eigenvalue weighted by molar-refractivity contribution is 5.94. The fraction of sp³-hybridized carbons (Fsp3) is 0.467. The summed E-state index contributed by atoms with van der Waals surface area (Å²) in [6.07, 6.45) is 2.52. The van der Waals surface area contributed by atoms with E-state index >= 15 is 0 Å². The Hall–Kier alpha value is -1.84. The first-order chi connectivity index (χ1) is 9.15. The third-order valence-electron chi connectivity index (χ3n) is 2.94. The molecular formula is C15H22N2O2. The minimum absolute atomic E-state index is 0.0446. The molecule has 0 fully saturated rings. The first kappa shape index (κ1) is 15.2. The fourth-order valence-corrected chi connectivity index (χ4v) is 1.68. The quantitative estimate of drug-likeness (QED) is 0.767. The SMILES string of the molecule is CCCCNC(=O)CCC(=O)N(C)c1ccccc1. The molecule has 0 radical (unpaired) electrons. The van der Waals surface area contributed by atoms with Crippen LogP contribution in [0.25, 0.3) is 0 Å². The molecule has 0 bridgehead atoms. The molecule has 4 nitrogen and oxygen atoms in total. The summed E-state index contributed by atoms with van der Waals surface area (Å²) in [5, 5.41) is 2.81. The Balaban J connectivity index is 2.33. The van der Waals surface area contributed by atoms with Gasteiger partial charge in [0, 0.05) is 32.1 Å². The maximum atomic E-state index is 11.9. The summed E-state index contributed by atoms with van der Waals surface area (Å²) in [6, 6.07) is 9.43. The van der Waals surface area contributed by atoms with E-state index in [1.807, 2.05) is 30.3 Å². The zero-order chi connectivity index (χ0) is 14.1. The molecule has 0 aliphatic carbocycles. The molecule has 1 aromatic carbocycles. The van der Waals surface area contributed by atoms with Gasteiger partial charge >= 0.3 is 0 Å². The molecule has 0 unspecified atom stereocenters. The van der Waals surface area contributed by atoms with Crippen LogP contribution >= 0.6 is 0 Å². The smallest absolute Gasteiger partial charge is 0.227 e. The number of unbranched alkanes of at least 4 members (excludes halogenated alkanes) is 1. The van der Waals surface area contributed by atoms with Gasteiger partial charge in [-0.05, 0) is 18.6 Å². The number of anilines is 1. The Morgan fingerprint density at radius 2 is 1.84 bits per heavy atom. The molecule has 104 valence electrons. The van der Waals surface area contributed by atoms with Crippen LogP contribution in [0.15, 0.2) is 30.3 Å². The van der Waals surface area contributed by atoms with Crippen molar-refractivity contribution in [2.24, 2.45) is 0 Å². The lowest BCUT2D eigenvalue weighted by molar-refractivity contribution is -0.125. The number of hydrogen-bond acceptors (Lipinski definition) is 2. The standard InChI is InChI=1S/C15H22N2O2/c1-3-4-12-16-14(18)10-11-15(19)17(2)13-8-6-5-7-9-13/h5-9H,3-4,10-12H2,1-2H3,(H,16,18). The molecule has 0 aromatic heterocycles. The normalized spacial score (nSPS) is 10.0. The van der Waals surface area contributed by atoms with Gasteiger partial charge in [-0.15, -0.1) is 0 Å². The van der Waals surface area contributed by atoms with Gasteiger partial charge in [-0.25, -0.2) is 0 Å². The molecule has 0 spiro atoms. The summed E-state index contributed by atoms with van der Waals surface area (Å²) in [4.78, 5) is 25.0. The minimum Gasteiger partial charge on any atom is -0.356 e. The van der Waals surface area contributed by atoms with Gasteiger partial charge in [0.05, 0.1) is 0 Å². The van der Waals surface area contributed by atoms with Crippen molar-refractivity contribution in [3.8, 4) is 0 Å². The van der Waals surface area contributed by atoms with Crippen molar-refractivity contribution in [2.75, 3.05) is 18.5 Å². The van der Waals surface area contributed by atoms with Crippen molar-refractivity contribution in [1.82, 2.24) is 5.32 Å². The average molecular weight is 262 g/mol. The first-order valence-electron chi connectivity index (χ1n) is 6.73. The van der Waals surface area contributed by atoms with Gasteiger partial charge in [0.1, 0.15) is 0 Å². The van der Waals surface area contributed by atoms with Crippen molar-refractivity contribution in [3.63, 3.8) is 0 Å². The number of nitrogens with one attached hydrogen (secondary N) is 1. The number of carbonyl (C=O) groups excluding carboxylic acids is 2. The van der Waals surface area contributed by atoms with E-state index in [9.17, 15) is 9.59 Å². The minimum atomic E-state index is -0.0525. The van der Waals surface area contributed by atoms with E-state index < -0.39 is 0 Å². The Kier molecular flexibility index (Phi) is 6.64. The molecule has 4 heteroatoms. The molecule has 2 amide bonds. The van der Waals surface area contributed by atoms with E-state index in [0.29, 0.717) is 6.54 Å². The van der Waals surface area contributed by atoms with Crippen LogP contribution in [0.5, 0.6) is 0 Å². The van der Waals surface area contributed by atoms with Gasteiger partial charge in [-0.2, -0.15) is 0 Å². The number of amides is 2. The molecule has 19 heavy (non-hydrogen) atoms. The second-order valence-corrected chi connectivity index (χ2v) is 4.49. The van der Waals surface area contributed by atoms with Crippen LogP contribution in [0.3, 0.4) is 0 Å². The van der Waals surface area contributed by atoms with E-state index in [4.69, 9.17) is 0 Å². The third kappa shape index (κ3) is 5.55. The highest BCUT2D eigenvalue weighted by Crippen LogP contribution is 2.12. The maximum Gasteiger partial charge on any atom is 0.227 e. The number of benzene rings is 1. The number of hydrogen-bond donors (Lipinski definition) is 1. The van der Waals surface area contributed by atoms with Crippen LogP contribution < -0.4 is 10.2 Å². The molecule has 1 rings (SSSR count). The highest BCUT2D eigenvalue weighted by Gasteiger charge is 2.12. The monoisotopic (exact) mass is 262 g/mol. The molecule has 0 atom stereocenters. The van der Waals surface area contributed by atoms with Crippen LogP contribution in [0.1, 0.15) is 32.6 Å². The molecule has 0 aliphatic heterocycles. The van der Waals surface area contributed by atoms with Gasteiger partial charge in [0.25, 0.3) is 0 Å². The lowest BCUT2D eigenvalue weighted by Gasteiger charge is -2.17. The molecule has 1 aromatic rings. The molecular weight excluding hydrogens is 240 g/mol. The van der Waals surface area contributed by atoms with Crippen molar-refractivity contribution >= 4 is 17.5 Å². The predicted octanol–water partition coefficient (Wildman–Crippen LogP) is 2.35. The average Bonchev–Trinajstić information content (AvgIpc) is 2.45. The van der Waals surface area contributed by atoms with Crippen molar-refractivity contribution in [3.05, 3.63) is 30.3 Å². The van der Waals surface area contributed by atoms with E-state index in [-0.39, 0.29) is 24.7 Å². The molecule has 0 saturated carbocycles. The number of para-hydroxylation sites is 1. The van der Waals surface area contributed by atoms with Crippen molar-refractivity contribution in [1.29, 1.82) is 0 Å². The summed E-state index contributed by atoms with van der Waals surface area (Å²) in [5.74, 6) is -0.0971. The van der Waals surface area contributed by atoms with Gasteiger partial charge < -0.3 is 10.2 Å². The molecule has 0 heterocycles. The second-order valence-electron chi connectivity index (χ2n) is 4.49. The number of nitrogens with zero attached hydrogens (tertiary/aromatic N) is 1. The summed E-state index contributed by atoms with van der Waals surface area (Å²) in [6.45, 7) is 2.77. The third-order valence-corrected chi connectivity index (χ3v) is 2.94. The van der Waals surface area contributed by atoms with Crippen LogP contribution in [-0.2, 0) is 9.59 Å². The second kappa shape index (κ2) is 8.29. The number of rotatable bonds is 7. The van der Waals surface area contributed by atoms with E-state index in [0.717, 1.165) is 18.5 Å². The molecule has 0 saturated heterocycles. The summed E-state index contributed by atoms with van der Waals surface area (Å²) >= 11 is 0. The van der Waals surface area contributed by atoms with Gasteiger partial charge in [0.15, 0.2) is 0 Å². The first-order valence-corrected chi connectivity index (χ1v) is 6.73. The Labute approximate surface area is 114 Å². The molecule has 1 N–H and O–H groups in total. The predicted molar refractivity (Wildman–Crippen MR) is 77.0 cm³/mol. The van der Waals surface area contributed by atoms with Gasteiger partial charge in [-0.1, -0.05) is 31.5 Å². The highest BCUT2D eigenvalue weighted by atomic mass is 16.2. The zero-order valence-electron chi connectivity index (χ0n) is 11.7. The summed E-state index contributed by atoms with van der Waals surface area (Å²) in [7, 11) is 1.73. The Morgan fingerprint density at radius 3 is 2.47 bits per heavy atom. The Morgan fingerprint density at radius 1 is 1.16 bits per heavy atom. The summed E-state index contributed by atoms with van der Waals surface area (Å²) in [5.41, 5.74) is 0.846. The van der Waals surface area contributed by atoms with E-state index in [1.54, 1.807) is 11.9 Å². The van der Waals surface area contributed by atoms with Gasteiger partial charge in [-0.3, -0.25) is 9.59 Å². The van der Waals surface area contributed by atoms with Crippen LogP contribution in [0, 0.1) is 0 Å². The van der Waals surface area contributed by atoms with Crippen LogP contribution in [-0.4, -0.2) is 25.4 Å². The van der Waals surface area contributed by atoms with Crippen molar-refractivity contribution in [2.45, 2.75) is 32.6 Å². The fourth-order valence-electron chi connectivity index (χ4n) is 1.68. The zero-order valence-corrected chi connectivity index (χ0v) is 11.7. The maximum absolute atomic E-state index is 11.9. The number of carbonyl (C=O) groups is 2. The Bertz CT molecular complexity index is 404. The largest absolute Gasteiger partial charge is 0.356 e. The molecule has 0 aliphatic rings. The van der Waals surface area contributed by atoms with Crippen molar-refractivity contribution < 1.29 is 9.59 Å². The summed E-state index contributed by atoms with van der Waals surface area (Å²) < 4.78 is 0. The topological polar surface area (TPSA) is 49.4 Å². The van der Waals surface area contributed by atoms with Crippen LogP contribution in [0.2, 0.25) is 0 Å². The van der Waals surface area contributed by atoms with Crippen LogP contribution in [0.4, 0.5) is 5.69 Å². The van der Waals surface area contributed by atoms with E-state index in [2.05, 4.69) is 12.2 Å².